The summed E-state index contributed by atoms with van der Waals surface area (Å²) < 4.78 is 12.3. The average Bonchev–Trinajstić information content (AvgIpc) is 2.97. The zero-order valence-corrected chi connectivity index (χ0v) is 18.1. The van der Waals surface area contributed by atoms with Gasteiger partial charge in [-0.3, -0.25) is 9.48 Å². The minimum absolute atomic E-state index is 0.271. The molecule has 29 heavy (non-hydrogen) atoms. The smallest absolute Gasteiger partial charge is 0.255 e. The molecule has 1 heterocycles. The fraction of sp³-hybridized carbons (Fsp3) is 0.238. The molecule has 2 aromatic carbocycles. The molecule has 8 heteroatoms. The second-order valence-electron chi connectivity index (χ2n) is 6.43. The van der Waals surface area contributed by atoms with Gasteiger partial charge in [0.1, 0.15) is 0 Å². The average molecular weight is 434 g/mol. The van der Waals surface area contributed by atoms with Crippen LogP contribution in [-0.2, 0) is 6.54 Å². The number of anilines is 1. The molecule has 0 atom stereocenters. The number of hydrogen-bond acceptors (Lipinski definition) is 4. The lowest BCUT2D eigenvalue weighted by Gasteiger charge is -2.11. The number of halogens is 2. The van der Waals surface area contributed by atoms with E-state index in [0.29, 0.717) is 45.0 Å². The van der Waals surface area contributed by atoms with Crippen molar-refractivity contribution in [3.05, 3.63) is 69.0 Å². The minimum atomic E-state index is -0.271. The number of methoxy groups -OCH3 is 2. The number of amides is 1. The van der Waals surface area contributed by atoms with Gasteiger partial charge < -0.3 is 14.8 Å². The SMILES string of the molecule is COc1ccc(C(=O)Nc2c(C)nn(Cc3c(Cl)cccc3Cl)c2C)cc1OC. The zero-order chi connectivity index (χ0) is 21.1. The van der Waals surface area contributed by atoms with Gasteiger partial charge in [0.25, 0.3) is 5.91 Å². The Morgan fingerprint density at radius 3 is 2.34 bits per heavy atom. The van der Waals surface area contributed by atoms with Gasteiger partial charge in [-0.25, -0.2) is 0 Å². The monoisotopic (exact) mass is 433 g/mol. The lowest BCUT2D eigenvalue weighted by Crippen LogP contribution is -2.13. The van der Waals surface area contributed by atoms with Gasteiger partial charge in [0.15, 0.2) is 11.5 Å². The maximum absolute atomic E-state index is 12.8. The number of benzene rings is 2. The first-order chi connectivity index (χ1) is 13.8. The van der Waals surface area contributed by atoms with Gasteiger partial charge in [0.05, 0.1) is 37.8 Å². The van der Waals surface area contributed by atoms with E-state index in [1.165, 1.54) is 7.11 Å². The van der Waals surface area contributed by atoms with Gasteiger partial charge in [-0.15, -0.1) is 0 Å². The van der Waals surface area contributed by atoms with E-state index in [1.807, 2.05) is 13.8 Å². The van der Waals surface area contributed by atoms with Crippen LogP contribution in [0.15, 0.2) is 36.4 Å². The topological polar surface area (TPSA) is 65.4 Å². The molecule has 0 aliphatic rings. The molecule has 6 nitrogen and oxygen atoms in total. The van der Waals surface area contributed by atoms with Crippen LogP contribution in [0.25, 0.3) is 0 Å². The van der Waals surface area contributed by atoms with Crippen LogP contribution in [0.5, 0.6) is 11.5 Å². The third-order valence-electron chi connectivity index (χ3n) is 4.64. The number of carbonyl (C=O) groups is 1. The van der Waals surface area contributed by atoms with Gasteiger partial charge in [0.2, 0.25) is 0 Å². The molecule has 0 saturated heterocycles. The molecular formula is C21H21Cl2N3O3. The van der Waals surface area contributed by atoms with E-state index in [0.717, 1.165) is 11.3 Å². The van der Waals surface area contributed by atoms with Crippen LogP contribution in [-0.4, -0.2) is 29.9 Å². The van der Waals surface area contributed by atoms with Crippen molar-refractivity contribution >= 4 is 34.8 Å². The van der Waals surface area contributed by atoms with Gasteiger partial charge >= 0.3 is 0 Å². The molecule has 152 valence electrons. The molecule has 0 aliphatic heterocycles. The molecule has 0 spiro atoms. The summed E-state index contributed by atoms with van der Waals surface area (Å²) in [5.41, 5.74) is 3.36. The van der Waals surface area contributed by atoms with Crippen LogP contribution in [0, 0.1) is 13.8 Å². The molecule has 0 bridgehead atoms. The summed E-state index contributed by atoms with van der Waals surface area (Å²) in [6, 6.07) is 10.4. The largest absolute Gasteiger partial charge is 0.493 e. The second kappa shape index (κ2) is 8.76. The molecule has 3 aromatic rings. The second-order valence-corrected chi connectivity index (χ2v) is 7.24. The number of ether oxygens (including phenoxy) is 2. The number of nitrogens with zero attached hydrogens (tertiary/aromatic N) is 2. The van der Waals surface area contributed by atoms with E-state index in [4.69, 9.17) is 32.7 Å². The molecule has 0 unspecified atom stereocenters. The Labute approximate surface area is 179 Å². The highest BCUT2D eigenvalue weighted by Gasteiger charge is 2.18. The third-order valence-corrected chi connectivity index (χ3v) is 5.34. The molecule has 0 radical (unpaired) electrons. The van der Waals surface area contributed by atoms with E-state index in [-0.39, 0.29) is 5.91 Å². The molecule has 0 aliphatic carbocycles. The highest BCUT2D eigenvalue weighted by Crippen LogP contribution is 2.30. The van der Waals surface area contributed by atoms with Crippen molar-refractivity contribution in [1.82, 2.24) is 9.78 Å². The number of rotatable bonds is 6. The van der Waals surface area contributed by atoms with Crippen LogP contribution in [0.3, 0.4) is 0 Å². The lowest BCUT2D eigenvalue weighted by atomic mass is 10.1. The zero-order valence-electron chi connectivity index (χ0n) is 16.5. The Hall–Kier alpha value is -2.70. The summed E-state index contributed by atoms with van der Waals surface area (Å²) in [6.07, 6.45) is 0. The van der Waals surface area contributed by atoms with Crippen LogP contribution in [0.4, 0.5) is 5.69 Å². The number of nitrogens with one attached hydrogen (secondary N) is 1. The quantitative estimate of drug-likeness (QED) is 0.585. The summed E-state index contributed by atoms with van der Waals surface area (Å²) in [6.45, 7) is 4.12. The summed E-state index contributed by atoms with van der Waals surface area (Å²) in [4.78, 5) is 12.8. The Morgan fingerprint density at radius 1 is 1.07 bits per heavy atom. The lowest BCUT2D eigenvalue weighted by molar-refractivity contribution is 0.102. The predicted octanol–water partition coefficient (Wildman–Crippen LogP) is 5.12. The summed E-state index contributed by atoms with van der Waals surface area (Å²) in [5.74, 6) is 0.769. The van der Waals surface area contributed by atoms with Crippen molar-refractivity contribution in [3.8, 4) is 11.5 Å². The molecule has 3 rings (SSSR count). The molecule has 0 fully saturated rings. The number of aryl methyl sites for hydroxylation is 1. The van der Waals surface area contributed by atoms with Crippen LogP contribution in [0.2, 0.25) is 10.0 Å². The molecule has 0 saturated carbocycles. The van der Waals surface area contributed by atoms with Gasteiger partial charge in [-0.2, -0.15) is 5.10 Å². The Kier molecular flexibility index (Phi) is 6.35. The van der Waals surface area contributed by atoms with Crippen molar-refractivity contribution in [2.24, 2.45) is 0 Å². The number of hydrogen-bond donors (Lipinski definition) is 1. The number of aromatic nitrogens is 2. The summed E-state index contributed by atoms with van der Waals surface area (Å²) in [5, 5.41) is 8.61. The highest BCUT2D eigenvalue weighted by molar-refractivity contribution is 6.36. The van der Waals surface area contributed by atoms with Crippen molar-refractivity contribution in [2.45, 2.75) is 20.4 Å². The summed E-state index contributed by atoms with van der Waals surface area (Å²) in [7, 11) is 3.07. The maximum Gasteiger partial charge on any atom is 0.255 e. The van der Waals surface area contributed by atoms with E-state index < -0.39 is 0 Å². The summed E-state index contributed by atoms with van der Waals surface area (Å²) >= 11 is 12.6. The minimum Gasteiger partial charge on any atom is -0.493 e. The van der Waals surface area contributed by atoms with Crippen molar-refractivity contribution in [2.75, 3.05) is 19.5 Å². The molecule has 1 aromatic heterocycles. The van der Waals surface area contributed by atoms with Crippen molar-refractivity contribution in [1.29, 1.82) is 0 Å². The van der Waals surface area contributed by atoms with E-state index in [9.17, 15) is 4.79 Å². The fourth-order valence-corrected chi connectivity index (χ4v) is 3.55. The molecule has 1 amide bonds. The van der Waals surface area contributed by atoms with E-state index >= 15 is 0 Å². The van der Waals surface area contributed by atoms with Crippen LogP contribution in [0.1, 0.15) is 27.3 Å². The van der Waals surface area contributed by atoms with Gasteiger partial charge in [0, 0.05) is 21.2 Å². The first-order valence-corrected chi connectivity index (χ1v) is 9.61. The maximum atomic E-state index is 12.8. The molecule has 1 N–H and O–H groups in total. The van der Waals surface area contributed by atoms with Gasteiger partial charge in [-0.1, -0.05) is 29.3 Å². The highest BCUT2D eigenvalue weighted by atomic mass is 35.5. The van der Waals surface area contributed by atoms with E-state index in [2.05, 4.69) is 10.4 Å². The van der Waals surface area contributed by atoms with Crippen molar-refractivity contribution < 1.29 is 14.3 Å². The predicted molar refractivity (Wildman–Crippen MR) is 115 cm³/mol. The first-order valence-electron chi connectivity index (χ1n) is 8.86. The number of carbonyl (C=O) groups excluding carboxylic acids is 1. The normalized spacial score (nSPS) is 10.7. The van der Waals surface area contributed by atoms with Crippen LogP contribution >= 0.6 is 23.2 Å². The Morgan fingerprint density at radius 2 is 1.72 bits per heavy atom. The molecular weight excluding hydrogens is 413 g/mol. The van der Waals surface area contributed by atoms with Crippen LogP contribution < -0.4 is 14.8 Å². The Bertz CT molecular complexity index is 1040. The van der Waals surface area contributed by atoms with Crippen molar-refractivity contribution in [3.63, 3.8) is 0 Å². The van der Waals surface area contributed by atoms with Gasteiger partial charge in [-0.05, 0) is 44.2 Å². The Balaban J connectivity index is 1.86. The standard InChI is InChI=1S/C21H21Cl2N3O3/c1-12-20(24-21(27)14-8-9-18(28-3)19(10-14)29-4)13(2)26(25-12)11-15-16(22)6-5-7-17(15)23/h5-10H,11H2,1-4H3,(H,24,27). The van der Waals surface area contributed by atoms with E-state index in [1.54, 1.807) is 48.2 Å². The fourth-order valence-electron chi connectivity index (χ4n) is 3.03. The first kappa shape index (κ1) is 21.0. The third kappa shape index (κ3) is 4.33.